The third-order valence-corrected chi connectivity index (χ3v) is 5.53. The molecule has 0 unspecified atom stereocenters. The zero-order valence-corrected chi connectivity index (χ0v) is 18.9. The van der Waals surface area contributed by atoms with Gasteiger partial charge in [0.05, 0.1) is 27.9 Å². The lowest BCUT2D eigenvalue weighted by Crippen LogP contribution is -2.48. The average molecular weight is 447 g/mol. The highest BCUT2D eigenvalue weighted by Gasteiger charge is 2.23. The molecular weight excluding hydrogens is 415 g/mol. The second-order valence-electron chi connectivity index (χ2n) is 7.53. The number of hydrogen-bond donors (Lipinski definition) is 0. The molecule has 8 heteroatoms. The summed E-state index contributed by atoms with van der Waals surface area (Å²) in [7, 11) is 4.81. The Morgan fingerprint density at radius 2 is 1.62 bits per heavy atom. The van der Waals surface area contributed by atoms with Crippen LogP contribution in [-0.4, -0.2) is 69.8 Å². The van der Waals surface area contributed by atoms with Gasteiger partial charge in [-0.2, -0.15) is 0 Å². The number of ether oxygens (including phenoxy) is 4. The predicted octanol–water partition coefficient (Wildman–Crippen LogP) is 3.35. The van der Waals surface area contributed by atoms with Gasteiger partial charge in [0.25, 0.3) is 0 Å². The smallest absolute Gasteiger partial charge is 0.222 e. The lowest BCUT2D eigenvalue weighted by atomic mass is 10.1. The number of rotatable bonds is 10. The molecule has 1 saturated heterocycles. The van der Waals surface area contributed by atoms with Crippen molar-refractivity contribution in [2.75, 3.05) is 54.1 Å². The molecule has 0 bridgehead atoms. The summed E-state index contributed by atoms with van der Waals surface area (Å²) in [5, 5.41) is 0. The molecule has 0 radical (unpaired) electrons. The van der Waals surface area contributed by atoms with Gasteiger partial charge in [0.15, 0.2) is 23.1 Å². The highest BCUT2D eigenvalue weighted by atomic mass is 19.1. The third-order valence-electron chi connectivity index (χ3n) is 5.53. The standard InChI is InChI=1S/C24H31FN2O5/c1-29-21-11-10-18(23(30-2)24(21)31-3)17-26-12-14-27(15-13-26)22(28)9-6-16-32-20-8-5-4-7-19(20)25/h4-5,7-8,10-11H,6,9,12-17H2,1-3H3. The van der Waals surface area contributed by atoms with Crippen molar-refractivity contribution in [3.63, 3.8) is 0 Å². The van der Waals surface area contributed by atoms with E-state index >= 15 is 0 Å². The van der Waals surface area contributed by atoms with Crippen molar-refractivity contribution in [2.24, 2.45) is 0 Å². The van der Waals surface area contributed by atoms with Gasteiger partial charge in [-0.1, -0.05) is 18.2 Å². The van der Waals surface area contributed by atoms with E-state index < -0.39 is 0 Å². The van der Waals surface area contributed by atoms with Crippen LogP contribution in [0.5, 0.6) is 23.0 Å². The molecule has 1 amide bonds. The van der Waals surface area contributed by atoms with E-state index in [4.69, 9.17) is 18.9 Å². The van der Waals surface area contributed by atoms with Gasteiger partial charge in [-0.05, 0) is 24.6 Å². The Labute approximate surface area is 188 Å². The minimum absolute atomic E-state index is 0.102. The summed E-state index contributed by atoms with van der Waals surface area (Å²) in [5.41, 5.74) is 1.01. The number of methoxy groups -OCH3 is 3. The molecule has 2 aromatic carbocycles. The zero-order valence-electron chi connectivity index (χ0n) is 18.9. The van der Waals surface area contributed by atoms with E-state index in [1.807, 2.05) is 17.0 Å². The lowest BCUT2D eigenvalue weighted by Gasteiger charge is -2.35. The van der Waals surface area contributed by atoms with Crippen LogP contribution in [0.4, 0.5) is 4.39 Å². The number of carbonyl (C=O) groups is 1. The molecule has 0 aliphatic carbocycles. The molecule has 3 rings (SSSR count). The first kappa shape index (κ1) is 23.7. The summed E-state index contributed by atoms with van der Waals surface area (Å²) in [6.45, 7) is 3.89. The Bertz CT molecular complexity index is 900. The molecule has 7 nitrogen and oxygen atoms in total. The topological polar surface area (TPSA) is 60.5 Å². The van der Waals surface area contributed by atoms with E-state index in [0.29, 0.717) is 56.3 Å². The highest BCUT2D eigenvalue weighted by molar-refractivity contribution is 5.76. The lowest BCUT2D eigenvalue weighted by molar-refractivity contribution is -0.133. The van der Waals surface area contributed by atoms with Crippen molar-refractivity contribution in [1.82, 2.24) is 9.80 Å². The Hall–Kier alpha value is -3.00. The van der Waals surface area contributed by atoms with Crippen molar-refractivity contribution in [2.45, 2.75) is 19.4 Å². The largest absolute Gasteiger partial charge is 0.493 e. The van der Waals surface area contributed by atoms with Crippen molar-refractivity contribution in [3.05, 3.63) is 47.8 Å². The summed E-state index contributed by atoms with van der Waals surface area (Å²) >= 11 is 0. The molecule has 0 saturated carbocycles. The summed E-state index contributed by atoms with van der Waals surface area (Å²) in [5.74, 6) is 1.81. The first-order valence-electron chi connectivity index (χ1n) is 10.7. The number of carbonyl (C=O) groups excluding carboxylic acids is 1. The Balaban J connectivity index is 1.45. The molecule has 1 heterocycles. The number of benzene rings is 2. The van der Waals surface area contributed by atoms with Crippen LogP contribution in [0.3, 0.4) is 0 Å². The zero-order chi connectivity index (χ0) is 22.9. The Kier molecular flexibility index (Phi) is 8.56. The molecule has 1 aliphatic rings. The van der Waals surface area contributed by atoms with Crippen LogP contribution in [0.2, 0.25) is 0 Å². The molecule has 0 N–H and O–H groups in total. The van der Waals surface area contributed by atoms with Gasteiger partial charge in [0.1, 0.15) is 0 Å². The number of hydrogen-bond acceptors (Lipinski definition) is 6. The summed E-state index contributed by atoms with van der Waals surface area (Å²) in [6, 6.07) is 10.1. The Morgan fingerprint density at radius 3 is 2.28 bits per heavy atom. The molecule has 1 fully saturated rings. The fourth-order valence-electron chi connectivity index (χ4n) is 3.81. The maximum Gasteiger partial charge on any atom is 0.222 e. The first-order chi connectivity index (χ1) is 15.6. The molecule has 1 aliphatic heterocycles. The van der Waals surface area contributed by atoms with E-state index in [0.717, 1.165) is 18.7 Å². The molecule has 0 aromatic heterocycles. The minimum atomic E-state index is -0.388. The number of piperazine rings is 1. The minimum Gasteiger partial charge on any atom is -0.493 e. The third kappa shape index (κ3) is 5.82. The molecule has 174 valence electrons. The van der Waals surface area contributed by atoms with Gasteiger partial charge in [-0.3, -0.25) is 9.69 Å². The molecule has 0 spiro atoms. The van der Waals surface area contributed by atoms with E-state index in [1.54, 1.807) is 39.5 Å². The summed E-state index contributed by atoms with van der Waals surface area (Å²) in [4.78, 5) is 16.7. The van der Waals surface area contributed by atoms with Crippen LogP contribution in [0.1, 0.15) is 18.4 Å². The quantitative estimate of drug-likeness (QED) is 0.522. The van der Waals surface area contributed by atoms with Crippen molar-refractivity contribution in [3.8, 4) is 23.0 Å². The van der Waals surface area contributed by atoms with Gasteiger partial charge in [-0.15, -0.1) is 0 Å². The second kappa shape index (κ2) is 11.6. The number of para-hydroxylation sites is 1. The van der Waals surface area contributed by atoms with Gasteiger partial charge >= 0.3 is 0 Å². The molecule has 0 atom stereocenters. The van der Waals surface area contributed by atoms with E-state index in [2.05, 4.69) is 4.90 Å². The van der Waals surface area contributed by atoms with Crippen LogP contribution in [0, 0.1) is 5.82 Å². The normalized spacial score (nSPS) is 14.2. The number of amides is 1. The van der Waals surface area contributed by atoms with Gasteiger partial charge in [-0.25, -0.2) is 4.39 Å². The van der Waals surface area contributed by atoms with Gasteiger partial charge in [0, 0.05) is 44.7 Å². The maximum absolute atomic E-state index is 13.6. The maximum atomic E-state index is 13.6. The fraction of sp³-hybridized carbons (Fsp3) is 0.458. The van der Waals surface area contributed by atoms with E-state index in [1.165, 1.54) is 6.07 Å². The summed E-state index contributed by atoms with van der Waals surface area (Å²) in [6.07, 6.45) is 0.939. The van der Waals surface area contributed by atoms with E-state index in [-0.39, 0.29) is 17.5 Å². The Morgan fingerprint density at radius 1 is 0.906 bits per heavy atom. The predicted molar refractivity (Wildman–Crippen MR) is 119 cm³/mol. The fourth-order valence-corrected chi connectivity index (χ4v) is 3.81. The van der Waals surface area contributed by atoms with Gasteiger partial charge < -0.3 is 23.8 Å². The monoisotopic (exact) mass is 446 g/mol. The van der Waals surface area contributed by atoms with E-state index in [9.17, 15) is 9.18 Å². The van der Waals surface area contributed by atoms with Crippen LogP contribution < -0.4 is 18.9 Å². The van der Waals surface area contributed by atoms with Crippen LogP contribution in [-0.2, 0) is 11.3 Å². The second-order valence-corrected chi connectivity index (χ2v) is 7.53. The molecule has 32 heavy (non-hydrogen) atoms. The average Bonchev–Trinajstić information content (AvgIpc) is 2.82. The van der Waals surface area contributed by atoms with Crippen LogP contribution >= 0.6 is 0 Å². The molecule has 2 aromatic rings. The summed E-state index contributed by atoms with van der Waals surface area (Å²) < 4.78 is 35.4. The highest BCUT2D eigenvalue weighted by Crippen LogP contribution is 2.40. The van der Waals surface area contributed by atoms with Crippen LogP contribution in [0.15, 0.2) is 36.4 Å². The van der Waals surface area contributed by atoms with Crippen molar-refractivity contribution in [1.29, 1.82) is 0 Å². The van der Waals surface area contributed by atoms with Crippen molar-refractivity contribution < 1.29 is 28.1 Å². The number of nitrogens with zero attached hydrogens (tertiary/aromatic N) is 2. The van der Waals surface area contributed by atoms with Crippen LogP contribution in [0.25, 0.3) is 0 Å². The molecular formula is C24H31FN2O5. The van der Waals surface area contributed by atoms with Crippen molar-refractivity contribution >= 4 is 5.91 Å². The SMILES string of the molecule is COc1ccc(CN2CCN(C(=O)CCCOc3ccccc3F)CC2)c(OC)c1OC. The first-order valence-corrected chi connectivity index (χ1v) is 10.7. The number of halogens is 1. The van der Waals surface area contributed by atoms with Gasteiger partial charge in [0.2, 0.25) is 11.7 Å².